The summed E-state index contributed by atoms with van der Waals surface area (Å²) in [7, 11) is 1.89. The standard InChI is InChI=1S/C19H25N5O/c1-22(19(25)17-14-24-10-8-20-11-18(24)21-17)12-15-7-9-23(13-15)16-5-3-2-4-6-16/h2-6,14-15,20H,7-13H2,1H3/t15-/m0/s1. The molecule has 3 heterocycles. The number of nitrogens with one attached hydrogen (secondary N) is 1. The molecule has 2 aliphatic heterocycles. The Morgan fingerprint density at radius 2 is 2.16 bits per heavy atom. The zero-order valence-electron chi connectivity index (χ0n) is 14.7. The highest BCUT2D eigenvalue weighted by atomic mass is 16.2. The predicted molar refractivity (Wildman–Crippen MR) is 97.7 cm³/mol. The number of aromatic nitrogens is 2. The van der Waals surface area contributed by atoms with Gasteiger partial charge in [0.1, 0.15) is 11.5 Å². The molecule has 2 aromatic rings. The summed E-state index contributed by atoms with van der Waals surface area (Å²) < 4.78 is 2.09. The summed E-state index contributed by atoms with van der Waals surface area (Å²) in [5.74, 6) is 1.49. The van der Waals surface area contributed by atoms with Crippen molar-refractivity contribution in [1.29, 1.82) is 0 Å². The van der Waals surface area contributed by atoms with Crippen LogP contribution in [0.4, 0.5) is 5.69 Å². The monoisotopic (exact) mass is 339 g/mol. The maximum atomic E-state index is 12.7. The summed E-state index contributed by atoms with van der Waals surface area (Å²) >= 11 is 0. The molecule has 1 fully saturated rings. The molecule has 0 unspecified atom stereocenters. The highest BCUT2D eigenvalue weighted by Gasteiger charge is 2.26. The van der Waals surface area contributed by atoms with Crippen LogP contribution in [0, 0.1) is 5.92 Å². The average molecular weight is 339 g/mol. The minimum absolute atomic E-state index is 0.0278. The van der Waals surface area contributed by atoms with Gasteiger partial charge in [-0.25, -0.2) is 4.98 Å². The van der Waals surface area contributed by atoms with Crippen LogP contribution in [0.25, 0.3) is 0 Å². The molecule has 1 atom stereocenters. The van der Waals surface area contributed by atoms with Crippen LogP contribution in [0.1, 0.15) is 22.7 Å². The molecule has 1 amide bonds. The van der Waals surface area contributed by atoms with Crippen LogP contribution in [0.2, 0.25) is 0 Å². The summed E-state index contributed by atoms with van der Waals surface area (Å²) in [5.41, 5.74) is 1.84. The Bertz CT molecular complexity index is 718. The Hall–Kier alpha value is -2.34. The summed E-state index contributed by atoms with van der Waals surface area (Å²) in [6, 6.07) is 10.5. The van der Waals surface area contributed by atoms with E-state index in [0.29, 0.717) is 11.6 Å². The van der Waals surface area contributed by atoms with E-state index in [4.69, 9.17) is 0 Å². The average Bonchev–Trinajstić information content (AvgIpc) is 3.28. The third-order valence-corrected chi connectivity index (χ3v) is 5.18. The molecule has 1 saturated heterocycles. The maximum Gasteiger partial charge on any atom is 0.273 e. The van der Waals surface area contributed by atoms with Crippen molar-refractivity contribution in [3.63, 3.8) is 0 Å². The topological polar surface area (TPSA) is 53.4 Å². The molecule has 4 rings (SSSR count). The number of nitrogens with zero attached hydrogens (tertiary/aromatic N) is 4. The van der Waals surface area contributed by atoms with Crippen LogP contribution >= 0.6 is 0 Å². The van der Waals surface area contributed by atoms with Gasteiger partial charge in [-0.05, 0) is 24.5 Å². The minimum Gasteiger partial charge on any atom is -0.371 e. The lowest BCUT2D eigenvalue weighted by molar-refractivity contribution is 0.0771. The number of rotatable bonds is 4. The molecule has 0 spiro atoms. The summed E-state index contributed by atoms with van der Waals surface area (Å²) in [4.78, 5) is 21.5. The number of imidazole rings is 1. The molecule has 25 heavy (non-hydrogen) atoms. The maximum absolute atomic E-state index is 12.7. The Morgan fingerprint density at radius 1 is 1.32 bits per heavy atom. The number of anilines is 1. The SMILES string of the molecule is CN(C[C@@H]1CCN(c2ccccc2)C1)C(=O)c1cn2c(n1)CNCC2. The molecule has 0 aliphatic carbocycles. The zero-order valence-corrected chi connectivity index (χ0v) is 14.7. The largest absolute Gasteiger partial charge is 0.371 e. The number of amides is 1. The number of fused-ring (bicyclic) bond motifs is 1. The molecule has 0 radical (unpaired) electrons. The first-order valence-corrected chi connectivity index (χ1v) is 9.03. The van der Waals surface area contributed by atoms with Crippen molar-refractivity contribution in [2.24, 2.45) is 5.92 Å². The van der Waals surface area contributed by atoms with E-state index >= 15 is 0 Å². The van der Waals surface area contributed by atoms with Gasteiger partial charge in [0.15, 0.2) is 0 Å². The van der Waals surface area contributed by atoms with E-state index in [1.807, 2.05) is 24.2 Å². The van der Waals surface area contributed by atoms with Crippen molar-refractivity contribution in [2.45, 2.75) is 19.5 Å². The van der Waals surface area contributed by atoms with E-state index in [1.54, 1.807) is 0 Å². The molecular formula is C19H25N5O. The van der Waals surface area contributed by atoms with Gasteiger partial charge in [-0.2, -0.15) is 0 Å². The van der Waals surface area contributed by atoms with E-state index < -0.39 is 0 Å². The van der Waals surface area contributed by atoms with Crippen LogP contribution in [0.5, 0.6) is 0 Å². The van der Waals surface area contributed by atoms with Gasteiger partial charge in [0.25, 0.3) is 5.91 Å². The second kappa shape index (κ2) is 6.88. The van der Waals surface area contributed by atoms with Crippen molar-refractivity contribution in [2.75, 3.05) is 38.1 Å². The van der Waals surface area contributed by atoms with Crippen LogP contribution in [0.3, 0.4) is 0 Å². The van der Waals surface area contributed by atoms with E-state index in [2.05, 4.69) is 44.0 Å². The summed E-state index contributed by atoms with van der Waals surface area (Å²) in [6.07, 6.45) is 3.02. The Morgan fingerprint density at radius 3 is 2.96 bits per heavy atom. The fourth-order valence-electron chi connectivity index (χ4n) is 3.81. The highest BCUT2D eigenvalue weighted by molar-refractivity contribution is 5.92. The number of para-hydroxylation sites is 1. The van der Waals surface area contributed by atoms with Crippen LogP contribution < -0.4 is 10.2 Å². The van der Waals surface area contributed by atoms with Gasteiger partial charge in [-0.3, -0.25) is 4.79 Å². The molecule has 1 aromatic carbocycles. The zero-order chi connectivity index (χ0) is 17.2. The quantitative estimate of drug-likeness (QED) is 0.919. The van der Waals surface area contributed by atoms with E-state index in [1.165, 1.54) is 5.69 Å². The first-order chi connectivity index (χ1) is 12.2. The molecule has 0 saturated carbocycles. The lowest BCUT2D eigenvalue weighted by Gasteiger charge is -2.22. The number of hydrogen-bond donors (Lipinski definition) is 1. The van der Waals surface area contributed by atoms with Crippen molar-refractivity contribution < 1.29 is 4.79 Å². The lowest BCUT2D eigenvalue weighted by Crippen LogP contribution is -2.33. The number of hydrogen-bond acceptors (Lipinski definition) is 4. The summed E-state index contributed by atoms with van der Waals surface area (Å²) in [6.45, 7) is 5.40. The molecule has 1 aromatic heterocycles. The van der Waals surface area contributed by atoms with Gasteiger partial charge in [0, 0.05) is 51.7 Å². The van der Waals surface area contributed by atoms with Crippen molar-refractivity contribution in [3.05, 3.63) is 48.0 Å². The van der Waals surface area contributed by atoms with E-state index in [0.717, 1.165) is 51.5 Å². The minimum atomic E-state index is 0.0278. The number of benzene rings is 1. The van der Waals surface area contributed by atoms with Gasteiger partial charge >= 0.3 is 0 Å². The van der Waals surface area contributed by atoms with E-state index in [-0.39, 0.29) is 5.91 Å². The van der Waals surface area contributed by atoms with Crippen LogP contribution in [-0.2, 0) is 13.1 Å². The number of carbonyl (C=O) groups is 1. The smallest absolute Gasteiger partial charge is 0.273 e. The van der Waals surface area contributed by atoms with Crippen molar-refractivity contribution in [1.82, 2.24) is 19.8 Å². The van der Waals surface area contributed by atoms with Crippen molar-refractivity contribution in [3.8, 4) is 0 Å². The molecule has 132 valence electrons. The van der Waals surface area contributed by atoms with Gasteiger partial charge in [-0.1, -0.05) is 18.2 Å². The fourth-order valence-corrected chi connectivity index (χ4v) is 3.81. The van der Waals surface area contributed by atoms with Gasteiger partial charge in [0.05, 0.1) is 6.54 Å². The van der Waals surface area contributed by atoms with Crippen LogP contribution in [0.15, 0.2) is 36.5 Å². The van der Waals surface area contributed by atoms with Crippen molar-refractivity contribution >= 4 is 11.6 Å². The van der Waals surface area contributed by atoms with Gasteiger partial charge < -0.3 is 19.7 Å². The second-order valence-corrected chi connectivity index (χ2v) is 7.03. The second-order valence-electron chi connectivity index (χ2n) is 7.03. The van der Waals surface area contributed by atoms with E-state index in [9.17, 15) is 4.79 Å². The molecule has 6 heteroatoms. The summed E-state index contributed by atoms with van der Waals surface area (Å²) in [5, 5.41) is 3.29. The molecule has 6 nitrogen and oxygen atoms in total. The Balaban J connectivity index is 1.36. The Labute approximate surface area is 148 Å². The molecule has 1 N–H and O–H groups in total. The van der Waals surface area contributed by atoms with Gasteiger partial charge in [-0.15, -0.1) is 0 Å². The first-order valence-electron chi connectivity index (χ1n) is 9.03. The third-order valence-electron chi connectivity index (χ3n) is 5.18. The predicted octanol–water partition coefficient (Wildman–Crippen LogP) is 1.58. The van der Waals surface area contributed by atoms with Gasteiger partial charge in [0.2, 0.25) is 0 Å². The molecule has 2 aliphatic rings. The molecule has 0 bridgehead atoms. The molecular weight excluding hydrogens is 314 g/mol. The highest BCUT2D eigenvalue weighted by Crippen LogP contribution is 2.24. The van der Waals surface area contributed by atoms with Crippen LogP contribution in [-0.4, -0.2) is 53.6 Å². The lowest BCUT2D eigenvalue weighted by atomic mass is 10.1. The fraction of sp³-hybridized carbons (Fsp3) is 0.474. The first kappa shape index (κ1) is 16.1. The Kier molecular flexibility index (Phi) is 4.44. The number of carbonyl (C=O) groups excluding carboxylic acids is 1. The normalized spacial score (nSPS) is 19.7. The third kappa shape index (κ3) is 3.39.